The van der Waals surface area contributed by atoms with Crippen LogP contribution in [0.25, 0.3) is 34.0 Å². The second-order valence-electron chi connectivity index (χ2n) is 7.57. The Balaban J connectivity index is 1.52. The molecule has 6 nitrogen and oxygen atoms in total. The lowest BCUT2D eigenvalue weighted by molar-refractivity contribution is 0.205. The molecule has 0 aliphatic carbocycles. The summed E-state index contributed by atoms with van der Waals surface area (Å²) in [6.45, 7) is 14.1. The number of benzene rings is 1. The third-order valence-corrected chi connectivity index (χ3v) is 5.76. The number of para-hydroxylation sites is 1. The van der Waals surface area contributed by atoms with E-state index in [0.717, 1.165) is 84.6 Å². The van der Waals surface area contributed by atoms with E-state index < -0.39 is 0 Å². The predicted molar refractivity (Wildman–Crippen MR) is 113 cm³/mol. The van der Waals surface area contributed by atoms with Crippen molar-refractivity contribution in [2.24, 2.45) is 0 Å². The number of hydrogen-bond acceptors (Lipinski definition) is 5. The van der Waals surface area contributed by atoms with Gasteiger partial charge in [0.05, 0.1) is 16.7 Å². The van der Waals surface area contributed by atoms with Gasteiger partial charge in [-0.3, -0.25) is 0 Å². The molecule has 2 aliphatic heterocycles. The van der Waals surface area contributed by atoms with Gasteiger partial charge < -0.3 is 24.1 Å². The zero-order valence-corrected chi connectivity index (χ0v) is 16.2. The molecule has 1 fully saturated rings. The van der Waals surface area contributed by atoms with E-state index in [0.29, 0.717) is 0 Å². The average molecular weight is 375 g/mol. The molecular formula is C22H25N5O. The first-order chi connectivity index (χ1) is 13.6. The van der Waals surface area contributed by atoms with E-state index in [4.69, 9.17) is 9.40 Å². The molecule has 0 spiro atoms. The smallest absolute Gasteiger partial charge is 0.177 e. The summed E-state index contributed by atoms with van der Waals surface area (Å²) in [5.41, 5.74) is 5.07. The molecule has 0 radical (unpaired) electrons. The Hall–Kier alpha value is -2.99. The minimum atomic E-state index is 0.778. The maximum absolute atomic E-state index is 6.23. The van der Waals surface area contributed by atoms with Crippen LogP contribution in [0.5, 0.6) is 0 Å². The summed E-state index contributed by atoms with van der Waals surface area (Å²) in [5.74, 6) is 2.45. The highest BCUT2D eigenvalue weighted by molar-refractivity contribution is 5.91. The first-order valence-electron chi connectivity index (χ1n) is 9.77. The highest BCUT2D eigenvalue weighted by Crippen LogP contribution is 2.33. The molecule has 0 atom stereocenters. The Bertz CT molecular complexity index is 1070. The van der Waals surface area contributed by atoms with Gasteiger partial charge in [-0.1, -0.05) is 25.3 Å². The number of nitrogens with zero attached hydrogens (tertiary/aromatic N) is 4. The van der Waals surface area contributed by atoms with Gasteiger partial charge in [0, 0.05) is 50.5 Å². The van der Waals surface area contributed by atoms with E-state index >= 15 is 0 Å². The van der Waals surface area contributed by atoms with Crippen molar-refractivity contribution in [2.75, 3.05) is 39.8 Å². The topological polar surface area (TPSA) is 49.5 Å². The third kappa shape index (κ3) is 2.72. The lowest BCUT2D eigenvalue weighted by Crippen LogP contribution is -2.43. The van der Waals surface area contributed by atoms with Crippen molar-refractivity contribution in [1.29, 1.82) is 0 Å². The molecule has 2 aromatic heterocycles. The van der Waals surface area contributed by atoms with Gasteiger partial charge in [-0.15, -0.1) is 0 Å². The van der Waals surface area contributed by atoms with Crippen LogP contribution >= 0.6 is 0 Å². The number of imidazole rings is 1. The van der Waals surface area contributed by atoms with Crippen molar-refractivity contribution in [3.8, 4) is 11.6 Å². The fourth-order valence-corrected chi connectivity index (χ4v) is 4.09. The molecular weight excluding hydrogens is 350 g/mol. The molecule has 28 heavy (non-hydrogen) atoms. The summed E-state index contributed by atoms with van der Waals surface area (Å²) in [6, 6.07) is 10.2. The standard InChI is InChI=1S/C22H25N5O/c1-15-17-5-4-6-18-21(17)27(10-9-23-15)22(24-18)20-8-7-19(28-20)16(2)26-13-11-25(3)12-14-26/h4-8,23H,1-2,9-14H2,3H3. The Kier molecular flexibility index (Phi) is 4.02. The molecule has 0 saturated carbocycles. The number of aromatic nitrogens is 2. The zero-order valence-electron chi connectivity index (χ0n) is 16.2. The fourth-order valence-electron chi connectivity index (χ4n) is 4.09. The Labute approximate surface area is 164 Å². The van der Waals surface area contributed by atoms with Crippen molar-refractivity contribution >= 4 is 22.4 Å². The molecule has 0 amide bonds. The maximum Gasteiger partial charge on any atom is 0.177 e. The Morgan fingerprint density at radius 2 is 1.93 bits per heavy atom. The van der Waals surface area contributed by atoms with Crippen molar-refractivity contribution in [2.45, 2.75) is 6.54 Å². The SMILES string of the molecule is C=C1NCCn2c(-c3ccc(C(=C)N4CCN(C)CC4)o3)nc3cccc1c32. The minimum absolute atomic E-state index is 0.778. The molecule has 4 heterocycles. The lowest BCUT2D eigenvalue weighted by Gasteiger charge is -2.34. The molecule has 3 aromatic rings. The van der Waals surface area contributed by atoms with Crippen molar-refractivity contribution < 1.29 is 4.42 Å². The summed E-state index contributed by atoms with van der Waals surface area (Å²) >= 11 is 0. The summed E-state index contributed by atoms with van der Waals surface area (Å²) in [6.07, 6.45) is 0. The number of furan rings is 1. The van der Waals surface area contributed by atoms with Crippen LogP contribution < -0.4 is 5.32 Å². The molecule has 1 saturated heterocycles. The molecule has 1 aromatic carbocycles. The summed E-state index contributed by atoms with van der Waals surface area (Å²) in [7, 11) is 2.15. The zero-order chi connectivity index (χ0) is 19.3. The first-order valence-corrected chi connectivity index (χ1v) is 9.77. The monoisotopic (exact) mass is 375 g/mol. The number of piperazine rings is 1. The molecule has 2 aliphatic rings. The second kappa shape index (κ2) is 6.56. The third-order valence-electron chi connectivity index (χ3n) is 5.76. The highest BCUT2D eigenvalue weighted by Gasteiger charge is 2.23. The molecule has 5 rings (SSSR count). The van der Waals surface area contributed by atoms with E-state index in [9.17, 15) is 0 Å². The number of likely N-dealkylation sites (N-methyl/N-ethyl adjacent to an activating group) is 1. The Morgan fingerprint density at radius 3 is 2.75 bits per heavy atom. The van der Waals surface area contributed by atoms with Gasteiger partial charge in [0.25, 0.3) is 0 Å². The van der Waals surface area contributed by atoms with Crippen LogP contribution in [0.3, 0.4) is 0 Å². The minimum Gasteiger partial charge on any atom is -0.451 e. The van der Waals surface area contributed by atoms with E-state index in [2.05, 4.69) is 46.0 Å². The predicted octanol–water partition coefficient (Wildman–Crippen LogP) is 3.09. The van der Waals surface area contributed by atoms with Crippen LogP contribution in [0.4, 0.5) is 0 Å². The van der Waals surface area contributed by atoms with Crippen molar-refractivity contribution in [3.05, 3.63) is 54.8 Å². The van der Waals surface area contributed by atoms with Gasteiger partial charge in [0.2, 0.25) is 0 Å². The molecule has 6 heteroatoms. The molecule has 0 unspecified atom stereocenters. The van der Waals surface area contributed by atoms with Gasteiger partial charge in [0.15, 0.2) is 11.6 Å². The number of nitrogens with one attached hydrogen (secondary N) is 1. The van der Waals surface area contributed by atoms with E-state index in [-0.39, 0.29) is 0 Å². The number of rotatable bonds is 3. The maximum atomic E-state index is 6.23. The van der Waals surface area contributed by atoms with Crippen LogP contribution in [0.15, 0.2) is 47.9 Å². The number of hydrogen-bond donors (Lipinski definition) is 1. The van der Waals surface area contributed by atoms with Crippen molar-refractivity contribution in [3.63, 3.8) is 0 Å². The summed E-state index contributed by atoms with van der Waals surface area (Å²) in [5, 5.41) is 3.39. The quantitative estimate of drug-likeness (QED) is 0.762. The van der Waals surface area contributed by atoms with Gasteiger partial charge in [-0.05, 0) is 25.2 Å². The van der Waals surface area contributed by atoms with E-state index in [1.807, 2.05) is 24.3 Å². The van der Waals surface area contributed by atoms with Crippen LogP contribution in [-0.4, -0.2) is 59.1 Å². The van der Waals surface area contributed by atoms with Gasteiger partial charge in [-0.2, -0.15) is 0 Å². The molecule has 0 bridgehead atoms. The fraction of sp³-hybridized carbons (Fsp3) is 0.318. The van der Waals surface area contributed by atoms with E-state index in [1.165, 1.54) is 0 Å². The largest absolute Gasteiger partial charge is 0.451 e. The van der Waals surface area contributed by atoms with Crippen LogP contribution in [0.2, 0.25) is 0 Å². The average Bonchev–Trinajstić information content (AvgIpc) is 3.28. The van der Waals surface area contributed by atoms with Gasteiger partial charge in [-0.25, -0.2) is 4.98 Å². The normalized spacial score (nSPS) is 17.6. The summed E-state index contributed by atoms with van der Waals surface area (Å²) in [4.78, 5) is 9.51. The highest BCUT2D eigenvalue weighted by atomic mass is 16.3. The first kappa shape index (κ1) is 17.1. The van der Waals surface area contributed by atoms with Gasteiger partial charge >= 0.3 is 0 Å². The summed E-state index contributed by atoms with van der Waals surface area (Å²) < 4.78 is 8.47. The lowest BCUT2D eigenvalue weighted by atomic mass is 10.1. The Morgan fingerprint density at radius 1 is 1.11 bits per heavy atom. The van der Waals surface area contributed by atoms with Crippen LogP contribution in [0.1, 0.15) is 11.3 Å². The van der Waals surface area contributed by atoms with Crippen LogP contribution in [-0.2, 0) is 6.54 Å². The molecule has 144 valence electrons. The van der Waals surface area contributed by atoms with Crippen LogP contribution in [0, 0.1) is 0 Å². The van der Waals surface area contributed by atoms with Gasteiger partial charge in [0.1, 0.15) is 5.76 Å². The van der Waals surface area contributed by atoms with Crippen molar-refractivity contribution in [1.82, 2.24) is 24.7 Å². The second-order valence-corrected chi connectivity index (χ2v) is 7.57. The molecule has 1 N–H and O–H groups in total. The van der Waals surface area contributed by atoms with E-state index in [1.54, 1.807) is 0 Å².